The number of unbranched alkanes of at least 4 members (excludes halogenated alkanes) is 2. The average Bonchev–Trinajstić information content (AvgIpc) is 2.40. The van der Waals surface area contributed by atoms with Crippen molar-refractivity contribution in [3.8, 4) is 18.1 Å². The molecule has 2 nitrogen and oxygen atoms in total. The molecule has 1 aromatic carbocycles. The minimum atomic E-state index is -1.47. The molecule has 0 spiro atoms. The Morgan fingerprint density at radius 3 is 2.14 bits per heavy atom. The Balaban J connectivity index is 2.16. The van der Waals surface area contributed by atoms with Crippen LogP contribution in [0.2, 0.25) is 38.8 Å². The molecule has 0 saturated heterocycles. The average molecular weight is 335 g/mol. The van der Waals surface area contributed by atoms with E-state index in [1.807, 2.05) is 24.3 Å². The molecule has 0 heterocycles. The predicted molar refractivity (Wildman–Crippen MR) is 100 cm³/mol. The number of hydrogen-bond donors (Lipinski definition) is 0. The van der Waals surface area contributed by atoms with E-state index in [0.29, 0.717) is 0 Å². The first kappa shape index (κ1) is 19.0. The second-order valence-corrected chi connectivity index (χ2v) is 16.4. The summed E-state index contributed by atoms with van der Waals surface area (Å²) in [5, 5.41) is 0. The van der Waals surface area contributed by atoms with Gasteiger partial charge in [-0.1, -0.05) is 18.8 Å². The van der Waals surface area contributed by atoms with Gasteiger partial charge < -0.3 is 8.85 Å². The van der Waals surface area contributed by atoms with Crippen LogP contribution in [0.3, 0.4) is 0 Å². The molecule has 1 rings (SSSR count). The van der Waals surface area contributed by atoms with Crippen LogP contribution in [-0.2, 0) is 4.12 Å². The van der Waals surface area contributed by atoms with Crippen LogP contribution < -0.4 is 4.74 Å². The SMILES string of the molecule is C#Cc1ccc(OCCCCC[Si](C)(C)O[Si](C)(C)C)cc1. The van der Waals surface area contributed by atoms with Crippen molar-refractivity contribution in [1.82, 2.24) is 0 Å². The van der Waals surface area contributed by atoms with Gasteiger partial charge in [-0.15, -0.1) is 6.42 Å². The highest BCUT2D eigenvalue weighted by Crippen LogP contribution is 2.21. The Morgan fingerprint density at radius 1 is 0.955 bits per heavy atom. The van der Waals surface area contributed by atoms with Gasteiger partial charge in [0, 0.05) is 5.56 Å². The van der Waals surface area contributed by atoms with Gasteiger partial charge in [-0.05, 0) is 69.5 Å². The molecule has 0 saturated carbocycles. The summed E-state index contributed by atoms with van der Waals surface area (Å²) >= 11 is 0. The maximum Gasteiger partial charge on any atom is 0.173 e. The van der Waals surface area contributed by atoms with E-state index < -0.39 is 16.6 Å². The third kappa shape index (κ3) is 8.42. The lowest BCUT2D eigenvalue weighted by Gasteiger charge is -2.31. The molecule has 0 fully saturated rings. The highest BCUT2D eigenvalue weighted by atomic mass is 28.4. The lowest BCUT2D eigenvalue weighted by atomic mass is 10.2. The lowest BCUT2D eigenvalue weighted by molar-refractivity contribution is 0.306. The van der Waals surface area contributed by atoms with E-state index in [9.17, 15) is 0 Å². The summed E-state index contributed by atoms with van der Waals surface area (Å²) in [7, 11) is -2.87. The molecule has 0 radical (unpaired) electrons. The molecule has 0 aliphatic heterocycles. The van der Waals surface area contributed by atoms with Crippen LogP contribution in [0.15, 0.2) is 24.3 Å². The van der Waals surface area contributed by atoms with Crippen molar-refractivity contribution < 1.29 is 8.85 Å². The van der Waals surface area contributed by atoms with Gasteiger partial charge in [0.2, 0.25) is 0 Å². The lowest BCUT2D eigenvalue weighted by Crippen LogP contribution is -2.42. The minimum absolute atomic E-state index is 0.770. The van der Waals surface area contributed by atoms with Crippen molar-refractivity contribution in [1.29, 1.82) is 0 Å². The fraction of sp³-hybridized carbons (Fsp3) is 0.556. The summed E-state index contributed by atoms with van der Waals surface area (Å²) in [5.41, 5.74) is 0.891. The van der Waals surface area contributed by atoms with Crippen LogP contribution in [-0.4, -0.2) is 23.2 Å². The second kappa shape index (κ2) is 8.57. The van der Waals surface area contributed by atoms with Crippen molar-refractivity contribution in [3.63, 3.8) is 0 Å². The highest BCUT2D eigenvalue weighted by Gasteiger charge is 2.28. The second-order valence-electron chi connectivity index (χ2n) is 7.30. The van der Waals surface area contributed by atoms with Crippen LogP contribution in [0.5, 0.6) is 5.75 Å². The largest absolute Gasteiger partial charge is 0.494 e. The van der Waals surface area contributed by atoms with Gasteiger partial charge in [-0.2, -0.15) is 0 Å². The van der Waals surface area contributed by atoms with Crippen molar-refractivity contribution >= 4 is 16.6 Å². The zero-order valence-electron chi connectivity index (χ0n) is 14.7. The Labute approximate surface area is 138 Å². The molecule has 0 amide bonds. The van der Waals surface area contributed by atoms with Gasteiger partial charge in [-0.25, -0.2) is 0 Å². The van der Waals surface area contributed by atoms with Crippen molar-refractivity contribution in [2.45, 2.75) is 58.0 Å². The number of rotatable bonds is 9. The van der Waals surface area contributed by atoms with Gasteiger partial charge in [0.05, 0.1) is 6.61 Å². The number of ether oxygens (including phenoxy) is 1. The summed E-state index contributed by atoms with van der Waals surface area (Å²) in [6.45, 7) is 12.3. The zero-order valence-corrected chi connectivity index (χ0v) is 16.7. The first-order valence-corrected chi connectivity index (χ1v) is 14.6. The molecule has 0 atom stereocenters. The van der Waals surface area contributed by atoms with E-state index in [0.717, 1.165) is 24.3 Å². The fourth-order valence-corrected chi connectivity index (χ4v) is 10.7. The van der Waals surface area contributed by atoms with Crippen molar-refractivity contribution in [2.75, 3.05) is 6.61 Å². The Kier molecular flexibility index (Phi) is 7.41. The van der Waals surface area contributed by atoms with Gasteiger partial charge in [0.15, 0.2) is 16.6 Å². The summed E-state index contributed by atoms with van der Waals surface area (Å²) < 4.78 is 12.1. The first-order chi connectivity index (χ1) is 10.2. The summed E-state index contributed by atoms with van der Waals surface area (Å²) in [6.07, 6.45) is 8.87. The van der Waals surface area contributed by atoms with E-state index >= 15 is 0 Å². The molecule has 4 heteroatoms. The number of benzene rings is 1. The van der Waals surface area contributed by atoms with Gasteiger partial charge in [0.1, 0.15) is 5.75 Å². The highest BCUT2D eigenvalue weighted by molar-refractivity contribution is 6.84. The Morgan fingerprint density at radius 2 is 1.59 bits per heavy atom. The molecule has 1 aromatic rings. The van der Waals surface area contributed by atoms with E-state index in [1.165, 1.54) is 18.9 Å². The van der Waals surface area contributed by atoms with Crippen LogP contribution in [0.1, 0.15) is 24.8 Å². The molecule has 0 aliphatic carbocycles. The summed E-state index contributed by atoms with van der Waals surface area (Å²) in [6, 6.07) is 8.95. The topological polar surface area (TPSA) is 18.5 Å². The van der Waals surface area contributed by atoms with Crippen LogP contribution in [0.25, 0.3) is 0 Å². The smallest absolute Gasteiger partial charge is 0.173 e. The molecule has 22 heavy (non-hydrogen) atoms. The van der Waals surface area contributed by atoms with Gasteiger partial charge >= 0.3 is 0 Å². The van der Waals surface area contributed by atoms with Gasteiger partial charge in [-0.3, -0.25) is 0 Å². The van der Waals surface area contributed by atoms with Gasteiger partial charge in [0.25, 0.3) is 0 Å². The van der Waals surface area contributed by atoms with E-state index in [1.54, 1.807) is 0 Å². The summed E-state index contributed by atoms with van der Waals surface area (Å²) in [5.74, 6) is 3.51. The monoisotopic (exact) mass is 334 g/mol. The third-order valence-electron chi connectivity index (χ3n) is 3.30. The van der Waals surface area contributed by atoms with Crippen LogP contribution in [0, 0.1) is 12.3 Å². The normalized spacial score (nSPS) is 12.0. The maximum absolute atomic E-state index is 6.35. The molecule has 0 aliphatic rings. The minimum Gasteiger partial charge on any atom is -0.494 e. The first-order valence-electron chi connectivity index (χ1n) is 8.11. The molecular formula is C18H30O2Si2. The predicted octanol–water partition coefficient (Wildman–Crippen LogP) is 5.27. The van der Waals surface area contributed by atoms with Crippen LogP contribution >= 0.6 is 0 Å². The van der Waals surface area contributed by atoms with Crippen molar-refractivity contribution in [2.24, 2.45) is 0 Å². The molecule has 0 aromatic heterocycles. The van der Waals surface area contributed by atoms with Crippen molar-refractivity contribution in [3.05, 3.63) is 29.8 Å². The molecule has 122 valence electrons. The molecule has 0 bridgehead atoms. The fourth-order valence-electron chi connectivity index (χ4n) is 2.55. The number of terminal acetylenes is 1. The van der Waals surface area contributed by atoms with E-state index in [2.05, 4.69) is 38.7 Å². The van der Waals surface area contributed by atoms with Crippen LogP contribution in [0.4, 0.5) is 0 Å². The number of hydrogen-bond acceptors (Lipinski definition) is 2. The Bertz CT molecular complexity index is 481. The summed E-state index contributed by atoms with van der Waals surface area (Å²) in [4.78, 5) is 0. The molecular weight excluding hydrogens is 304 g/mol. The Hall–Kier alpha value is -1.03. The van der Waals surface area contributed by atoms with E-state index in [-0.39, 0.29) is 0 Å². The quantitative estimate of drug-likeness (QED) is 0.348. The zero-order chi connectivity index (χ0) is 16.6. The third-order valence-corrected chi connectivity index (χ3v) is 9.51. The van der Waals surface area contributed by atoms with E-state index in [4.69, 9.17) is 15.3 Å². The standard InChI is InChI=1S/C18H30O2Si2/c1-7-17-11-13-18(14-12-17)19-15-9-8-10-16-22(5,6)20-21(2,3)4/h1,11-14H,8-10,15-16H2,2-6H3. The molecule has 0 N–H and O–H groups in total. The maximum atomic E-state index is 6.35. The molecule has 0 unspecified atom stereocenters.